The molecular formula is C14H22N4O2. The number of hydrogen-bond donors (Lipinski definition) is 3. The Balaban J connectivity index is 2.15. The summed E-state index contributed by atoms with van der Waals surface area (Å²) in [6.07, 6.45) is 1.45. The van der Waals surface area contributed by atoms with Crippen molar-refractivity contribution < 1.29 is 9.84 Å². The minimum Gasteiger partial charge on any atom is -0.394 e. The van der Waals surface area contributed by atoms with Gasteiger partial charge in [-0.2, -0.15) is 0 Å². The van der Waals surface area contributed by atoms with E-state index in [-0.39, 0.29) is 24.1 Å². The van der Waals surface area contributed by atoms with Crippen LogP contribution in [0, 0.1) is 5.41 Å². The van der Waals surface area contributed by atoms with Crippen molar-refractivity contribution in [2.45, 2.75) is 32.1 Å². The van der Waals surface area contributed by atoms with Crippen LogP contribution < -0.4 is 5.73 Å². The first-order chi connectivity index (χ1) is 9.41. The van der Waals surface area contributed by atoms with Gasteiger partial charge in [0.05, 0.1) is 18.3 Å². The lowest BCUT2D eigenvalue weighted by molar-refractivity contribution is -0.150. The topological polar surface area (TPSA) is 95.5 Å². The summed E-state index contributed by atoms with van der Waals surface area (Å²) in [5.41, 5.74) is 6.71. The van der Waals surface area contributed by atoms with E-state index in [1.165, 1.54) is 0 Å². The molecule has 1 aromatic rings. The highest BCUT2D eigenvalue weighted by molar-refractivity contribution is 5.94. The summed E-state index contributed by atoms with van der Waals surface area (Å²) in [5.74, 6) is -0.0215. The number of nitrogens with zero attached hydrogens (tertiary/aromatic N) is 2. The van der Waals surface area contributed by atoms with E-state index in [9.17, 15) is 5.11 Å². The van der Waals surface area contributed by atoms with Crippen molar-refractivity contribution in [3.8, 4) is 0 Å². The summed E-state index contributed by atoms with van der Waals surface area (Å²) in [6.45, 7) is 6.09. The number of ether oxygens (including phenoxy) is 1. The van der Waals surface area contributed by atoms with E-state index in [2.05, 4.69) is 9.88 Å². The van der Waals surface area contributed by atoms with E-state index in [0.29, 0.717) is 18.8 Å². The Hall–Kier alpha value is -1.50. The standard InChI is InChI=1S/C14H22N4O2/c1-14(2)9-18(7-11(8-19)20-14)6-10-4-3-5-17-12(10)13(15)16/h3-5,11,19H,6-9H2,1-2H3,(H3,15,16). The fourth-order valence-corrected chi connectivity index (χ4v) is 2.68. The molecule has 0 radical (unpaired) electrons. The van der Waals surface area contributed by atoms with Crippen LogP contribution in [0.2, 0.25) is 0 Å². The van der Waals surface area contributed by atoms with Gasteiger partial charge in [-0.25, -0.2) is 0 Å². The van der Waals surface area contributed by atoms with Gasteiger partial charge < -0.3 is 15.6 Å². The molecule has 1 saturated heterocycles. The number of nitrogens with one attached hydrogen (secondary N) is 1. The molecule has 6 heteroatoms. The second-order valence-corrected chi connectivity index (χ2v) is 5.78. The van der Waals surface area contributed by atoms with Crippen LogP contribution in [0.3, 0.4) is 0 Å². The summed E-state index contributed by atoms with van der Waals surface area (Å²) < 4.78 is 5.79. The molecule has 1 aliphatic heterocycles. The molecule has 0 spiro atoms. The Bertz CT molecular complexity index is 490. The van der Waals surface area contributed by atoms with Crippen molar-refractivity contribution in [1.82, 2.24) is 9.88 Å². The number of nitrogens with two attached hydrogens (primary N) is 1. The minimum absolute atomic E-state index is 0.00648. The fourth-order valence-electron chi connectivity index (χ4n) is 2.68. The number of amidine groups is 1. The van der Waals surface area contributed by atoms with Gasteiger partial charge in [0.25, 0.3) is 0 Å². The van der Waals surface area contributed by atoms with Gasteiger partial charge in [-0.3, -0.25) is 15.3 Å². The Morgan fingerprint density at radius 1 is 1.65 bits per heavy atom. The van der Waals surface area contributed by atoms with E-state index >= 15 is 0 Å². The molecule has 0 aromatic carbocycles. The number of aliphatic hydroxyl groups is 1. The van der Waals surface area contributed by atoms with Gasteiger partial charge in [-0.1, -0.05) is 6.07 Å². The zero-order chi connectivity index (χ0) is 14.8. The second-order valence-electron chi connectivity index (χ2n) is 5.78. The molecule has 0 amide bonds. The van der Waals surface area contributed by atoms with E-state index in [1.807, 2.05) is 26.0 Å². The lowest BCUT2D eigenvalue weighted by Gasteiger charge is -2.42. The van der Waals surface area contributed by atoms with Crippen LogP contribution in [0.4, 0.5) is 0 Å². The highest BCUT2D eigenvalue weighted by Crippen LogP contribution is 2.22. The summed E-state index contributed by atoms with van der Waals surface area (Å²) in [6, 6.07) is 3.77. The van der Waals surface area contributed by atoms with Crippen molar-refractivity contribution >= 4 is 5.84 Å². The molecule has 2 rings (SSSR count). The average molecular weight is 278 g/mol. The Labute approximate surface area is 119 Å². The summed E-state index contributed by atoms with van der Waals surface area (Å²) in [7, 11) is 0. The van der Waals surface area contributed by atoms with Crippen LogP contribution in [0.25, 0.3) is 0 Å². The van der Waals surface area contributed by atoms with Crippen molar-refractivity contribution in [1.29, 1.82) is 5.41 Å². The van der Waals surface area contributed by atoms with Crippen LogP contribution in [-0.4, -0.2) is 52.2 Å². The average Bonchev–Trinajstić information content (AvgIpc) is 2.37. The predicted octanol–water partition coefficient (Wildman–Crippen LogP) is 0.337. The minimum atomic E-state index is -0.301. The van der Waals surface area contributed by atoms with Crippen molar-refractivity contribution in [2.75, 3.05) is 19.7 Å². The smallest absolute Gasteiger partial charge is 0.142 e. The van der Waals surface area contributed by atoms with Crippen LogP contribution in [0.1, 0.15) is 25.1 Å². The van der Waals surface area contributed by atoms with E-state index < -0.39 is 0 Å². The molecule has 2 heterocycles. The number of aliphatic hydroxyl groups excluding tert-OH is 1. The van der Waals surface area contributed by atoms with Gasteiger partial charge in [-0.15, -0.1) is 0 Å². The molecular weight excluding hydrogens is 256 g/mol. The van der Waals surface area contributed by atoms with Crippen molar-refractivity contribution in [3.05, 3.63) is 29.6 Å². The number of morpholine rings is 1. The molecule has 1 atom stereocenters. The Morgan fingerprint density at radius 2 is 2.40 bits per heavy atom. The molecule has 110 valence electrons. The number of hydrogen-bond acceptors (Lipinski definition) is 5. The first-order valence-electron chi connectivity index (χ1n) is 6.70. The van der Waals surface area contributed by atoms with Crippen LogP contribution in [0.15, 0.2) is 18.3 Å². The molecule has 0 bridgehead atoms. The second kappa shape index (κ2) is 5.87. The third-order valence-electron chi connectivity index (χ3n) is 3.30. The summed E-state index contributed by atoms with van der Waals surface area (Å²) in [5, 5.41) is 16.9. The quantitative estimate of drug-likeness (QED) is 0.545. The fraction of sp³-hybridized carbons (Fsp3) is 0.571. The van der Waals surface area contributed by atoms with Gasteiger partial charge in [0.1, 0.15) is 11.5 Å². The van der Waals surface area contributed by atoms with E-state index in [4.69, 9.17) is 15.9 Å². The third-order valence-corrected chi connectivity index (χ3v) is 3.30. The molecule has 20 heavy (non-hydrogen) atoms. The highest BCUT2D eigenvalue weighted by Gasteiger charge is 2.33. The van der Waals surface area contributed by atoms with Crippen molar-refractivity contribution in [3.63, 3.8) is 0 Å². The lowest BCUT2D eigenvalue weighted by Crippen LogP contribution is -2.53. The largest absolute Gasteiger partial charge is 0.394 e. The molecule has 0 saturated carbocycles. The van der Waals surface area contributed by atoms with Gasteiger partial charge in [0.2, 0.25) is 0 Å². The molecule has 6 nitrogen and oxygen atoms in total. The zero-order valence-corrected chi connectivity index (χ0v) is 12.0. The van der Waals surface area contributed by atoms with E-state index in [1.54, 1.807) is 6.20 Å². The number of nitrogen functional groups attached to an aromatic ring is 1. The summed E-state index contributed by atoms with van der Waals surface area (Å²) in [4.78, 5) is 6.36. The van der Waals surface area contributed by atoms with Crippen LogP contribution in [0.5, 0.6) is 0 Å². The summed E-state index contributed by atoms with van der Waals surface area (Å²) >= 11 is 0. The van der Waals surface area contributed by atoms with Crippen LogP contribution >= 0.6 is 0 Å². The van der Waals surface area contributed by atoms with Gasteiger partial charge in [0.15, 0.2) is 0 Å². The third kappa shape index (κ3) is 3.53. The molecule has 4 N–H and O–H groups in total. The predicted molar refractivity (Wildman–Crippen MR) is 76.6 cm³/mol. The van der Waals surface area contributed by atoms with Gasteiger partial charge in [-0.05, 0) is 25.5 Å². The molecule has 1 unspecified atom stereocenters. The Morgan fingerprint density at radius 3 is 3.05 bits per heavy atom. The maximum absolute atomic E-state index is 9.33. The molecule has 1 aliphatic rings. The molecule has 1 aromatic heterocycles. The van der Waals surface area contributed by atoms with Gasteiger partial charge >= 0.3 is 0 Å². The highest BCUT2D eigenvalue weighted by atomic mass is 16.5. The number of rotatable bonds is 4. The SMILES string of the molecule is CC1(C)CN(Cc2cccnc2C(=N)N)CC(CO)O1. The first kappa shape index (κ1) is 14.9. The maximum Gasteiger partial charge on any atom is 0.142 e. The van der Waals surface area contributed by atoms with E-state index in [0.717, 1.165) is 12.1 Å². The van der Waals surface area contributed by atoms with Crippen LogP contribution in [-0.2, 0) is 11.3 Å². The molecule has 0 aliphatic carbocycles. The lowest BCUT2D eigenvalue weighted by atomic mass is 10.0. The number of aromatic nitrogens is 1. The van der Waals surface area contributed by atoms with Crippen molar-refractivity contribution in [2.24, 2.45) is 5.73 Å². The monoisotopic (exact) mass is 278 g/mol. The molecule has 1 fully saturated rings. The first-order valence-corrected chi connectivity index (χ1v) is 6.70. The number of pyridine rings is 1. The zero-order valence-electron chi connectivity index (χ0n) is 12.0. The Kier molecular flexibility index (Phi) is 4.37. The van der Waals surface area contributed by atoms with Gasteiger partial charge in [0, 0.05) is 25.8 Å². The normalized spacial score (nSPS) is 22.6. The maximum atomic E-state index is 9.33.